The summed E-state index contributed by atoms with van der Waals surface area (Å²) in [5.74, 6) is -0.785. The highest BCUT2D eigenvalue weighted by molar-refractivity contribution is 6.00. The van der Waals surface area contributed by atoms with Crippen molar-refractivity contribution in [3.05, 3.63) is 22.7 Å². The maximum Gasteiger partial charge on any atom is 0.330 e. The molecule has 168 valence electrons. The Morgan fingerprint density at radius 1 is 1.23 bits per heavy atom. The van der Waals surface area contributed by atoms with Gasteiger partial charge in [-0.05, 0) is 37.2 Å². The number of aromatic nitrogens is 3. The van der Waals surface area contributed by atoms with E-state index in [0.717, 1.165) is 12.1 Å². The summed E-state index contributed by atoms with van der Waals surface area (Å²) in [7, 11) is 1.66. The first-order chi connectivity index (χ1) is 14.5. The summed E-state index contributed by atoms with van der Waals surface area (Å²) < 4.78 is 2.88. The van der Waals surface area contributed by atoms with Gasteiger partial charge in [-0.15, -0.1) is 0 Å². The number of carbonyl (C=O) groups is 2. The Bertz CT molecular complexity index is 1090. The normalized spacial score (nSPS) is 22.1. The van der Waals surface area contributed by atoms with Crippen molar-refractivity contribution in [1.29, 1.82) is 0 Å². The van der Waals surface area contributed by atoms with Crippen LogP contribution in [0.25, 0.3) is 11.2 Å². The molecule has 2 aliphatic heterocycles. The van der Waals surface area contributed by atoms with Gasteiger partial charge in [0.15, 0.2) is 5.65 Å². The lowest BCUT2D eigenvalue weighted by Crippen LogP contribution is -2.46. The number of aliphatic hydroxyl groups is 1. The molecule has 2 aromatic rings. The molecule has 0 saturated carbocycles. The molecule has 2 amide bonds. The van der Waals surface area contributed by atoms with Gasteiger partial charge in [0.25, 0.3) is 0 Å². The highest BCUT2D eigenvalue weighted by Crippen LogP contribution is 2.36. The molecule has 0 bridgehead atoms. The fourth-order valence-corrected chi connectivity index (χ4v) is 4.95. The minimum atomic E-state index is -0.741. The van der Waals surface area contributed by atoms with Crippen molar-refractivity contribution >= 4 is 28.7 Å². The molecule has 4 rings (SSSR count). The molecule has 2 fully saturated rings. The molecular weight excluding hydrogens is 398 g/mol. The quantitative estimate of drug-likeness (QED) is 0.716. The van der Waals surface area contributed by atoms with Crippen LogP contribution in [0.1, 0.15) is 58.9 Å². The summed E-state index contributed by atoms with van der Waals surface area (Å²) >= 11 is 0. The zero-order chi connectivity index (χ0) is 22.6. The van der Waals surface area contributed by atoms with Crippen molar-refractivity contribution < 1.29 is 14.7 Å². The number of amides is 2. The molecule has 9 heteroatoms. The van der Waals surface area contributed by atoms with Crippen LogP contribution in [0.3, 0.4) is 0 Å². The van der Waals surface area contributed by atoms with Crippen LogP contribution in [-0.2, 0) is 16.6 Å². The molecule has 1 unspecified atom stereocenters. The van der Waals surface area contributed by atoms with Crippen LogP contribution in [0, 0.1) is 5.41 Å². The first-order valence-electron chi connectivity index (χ1n) is 10.9. The average Bonchev–Trinajstić information content (AvgIpc) is 2.91. The van der Waals surface area contributed by atoms with Crippen molar-refractivity contribution in [1.82, 2.24) is 19.4 Å². The van der Waals surface area contributed by atoms with Crippen molar-refractivity contribution in [2.24, 2.45) is 12.5 Å². The van der Waals surface area contributed by atoms with Gasteiger partial charge in [0, 0.05) is 26.6 Å². The van der Waals surface area contributed by atoms with Gasteiger partial charge in [-0.25, -0.2) is 9.78 Å². The molecule has 2 N–H and O–H groups in total. The molecule has 0 spiro atoms. The number of hydrogen-bond acceptors (Lipinski definition) is 6. The third kappa shape index (κ3) is 4.11. The summed E-state index contributed by atoms with van der Waals surface area (Å²) in [4.78, 5) is 43.4. The second kappa shape index (κ2) is 7.47. The molecular formula is C22H31N5O4. The Hall–Kier alpha value is -2.68. The molecule has 2 aromatic heterocycles. The molecule has 0 aromatic carbocycles. The minimum absolute atomic E-state index is 0.0641. The summed E-state index contributed by atoms with van der Waals surface area (Å²) in [6.07, 6.45) is 4.32. The number of rotatable bonds is 3. The van der Waals surface area contributed by atoms with Gasteiger partial charge in [0.2, 0.25) is 11.8 Å². The van der Waals surface area contributed by atoms with Crippen LogP contribution in [0.4, 0.5) is 5.69 Å². The molecule has 31 heavy (non-hydrogen) atoms. The van der Waals surface area contributed by atoms with Crippen molar-refractivity contribution in [3.8, 4) is 0 Å². The van der Waals surface area contributed by atoms with E-state index in [9.17, 15) is 19.5 Å². The van der Waals surface area contributed by atoms with Gasteiger partial charge in [-0.3, -0.25) is 24.0 Å². The Morgan fingerprint density at radius 2 is 1.90 bits per heavy atom. The monoisotopic (exact) mass is 429 g/mol. The van der Waals surface area contributed by atoms with E-state index in [1.165, 1.54) is 9.13 Å². The number of aryl methyl sites for hydroxylation is 1. The topological polar surface area (TPSA) is 109 Å². The molecule has 1 atom stereocenters. The third-order valence-electron chi connectivity index (χ3n) is 6.36. The van der Waals surface area contributed by atoms with Crippen LogP contribution in [0.2, 0.25) is 0 Å². The zero-order valence-corrected chi connectivity index (χ0v) is 18.6. The molecule has 0 aliphatic carbocycles. The predicted molar refractivity (Wildman–Crippen MR) is 117 cm³/mol. The van der Waals surface area contributed by atoms with E-state index in [1.807, 2.05) is 6.07 Å². The van der Waals surface area contributed by atoms with E-state index in [4.69, 9.17) is 0 Å². The summed E-state index contributed by atoms with van der Waals surface area (Å²) in [6, 6.07) is 1.18. The predicted octanol–water partition coefficient (Wildman–Crippen LogP) is 1.48. The van der Waals surface area contributed by atoms with E-state index >= 15 is 0 Å². The third-order valence-corrected chi connectivity index (χ3v) is 6.36. The minimum Gasteiger partial charge on any atom is -0.390 e. The lowest BCUT2D eigenvalue weighted by Gasteiger charge is -2.42. The average molecular weight is 430 g/mol. The Labute approximate surface area is 181 Å². The summed E-state index contributed by atoms with van der Waals surface area (Å²) in [5.41, 5.74) is 1.05. The van der Waals surface area contributed by atoms with Crippen LogP contribution >= 0.6 is 0 Å². The van der Waals surface area contributed by atoms with E-state index in [2.05, 4.69) is 36.0 Å². The summed E-state index contributed by atoms with van der Waals surface area (Å²) in [5, 5.41) is 13.3. The standard InChI is InChI=1S/C22H31N5O4/c1-21(2,3)13-22(31)7-9-26(10-8-22)14-11-16-18(23-12-14)27(20(30)25(16)4)15-5-6-17(28)24-19(15)29/h11-12,15,31H,5-10,13H2,1-4H3,(H,24,28,29). The number of piperidine rings is 2. The molecule has 0 radical (unpaired) electrons. The number of imidazole rings is 1. The lowest BCUT2D eigenvalue weighted by atomic mass is 9.77. The van der Waals surface area contributed by atoms with Gasteiger partial charge in [-0.1, -0.05) is 20.8 Å². The molecule has 4 heterocycles. The highest BCUT2D eigenvalue weighted by Gasteiger charge is 2.36. The second-order valence-corrected chi connectivity index (χ2v) is 10.2. The highest BCUT2D eigenvalue weighted by atomic mass is 16.3. The van der Waals surface area contributed by atoms with E-state index in [-0.39, 0.29) is 29.9 Å². The molecule has 2 saturated heterocycles. The number of nitrogens with one attached hydrogen (secondary N) is 1. The van der Waals surface area contributed by atoms with Gasteiger partial charge >= 0.3 is 5.69 Å². The van der Waals surface area contributed by atoms with Crippen molar-refractivity contribution in [2.75, 3.05) is 18.0 Å². The Balaban J connectivity index is 1.60. The number of pyridine rings is 1. The zero-order valence-electron chi connectivity index (χ0n) is 18.6. The van der Waals surface area contributed by atoms with Gasteiger partial charge in [-0.2, -0.15) is 0 Å². The molecule has 2 aliphatic rings. The molecule has 9 nitrogen and oxygen atoms in total. The lowest BCUT2D eigenvalue weighted by molar-refractivity contribution is -0.135. The fraction of sp³-hybridized carbons (Fsp3) is 0.636. The summed E-state index contributed by atoms with van der Waals surface area (Å²) in [6.45, 7) is 7.84. The smallest absolute Gasteiger partial charge is 0.330 e. The first kappa shape index (κ1) is 21.5. The number of imide groups is 1. The number of hydrogen-bond donors (Lipinski definition) is 2. The number of anilines is 1. The van der Waals surface area contributed by atoms with E-state index < -0.39 is 17.6 Å². The van der Waals surface area contributed by atoms with Crippen molar-refractivity contribution in [3.63, 3.8) is 0 Å². The number of fused-ring (bicyclic) bond motifs is 1. The number of nitrogens with zero attached hydrogens (tertiary/aromatic N) is 4. The van der Waals surface area contributed by atoms with Crippen LogP contribution in [0.5, 0.6) is 0 Å². The van der Waals surface area contributed by atoms with Crippen LogP contribution < -0.4 is 15.9 Å². The Kier molecular flexibility index (Phi) is 5.20. The van der Waals surface area contributed by atoms with E-state index in [0.29, 0.717) is 37.1 Å². The fourth-order valence-electron chi connectivity index (χ4n) is 4.95. The largest absolute Gasteiger partial charge is 0.390 e. The van der Waals surface area contributed by atoms with Crippen LogP contribution in [-0.4, -0.2) is 49.7 Å². The van der Waals surface area contributed by atoms with Gasteiger partial charge < -0.3 is 10.0 Å². The Morgan fingerprint density at radius 3 is 2.52 bits per heavy atom. The second-order valence-electron chi connectivity index (χ2n) is 10.2. The van der Waals surface area contributed by atoms with Crippen LogP contribution in [0.15, 0.2) is 17.1 Å². The first-order valence-corrected chi connectivity index (χ1v) is 10.9. The van der Waals surface area contributed by atoms with Crippen molar-refractivity contribution in [2.45, 2.75) is 64.5 Å². The maximum atomic E-state index is 12.9. The van der Waals surface area contributed by atoms with Gasteiger partial charge in [0.1, 0.15) is 6.04 Å². The van der Waals surface area contributed by atoms with Gasteiger partial charge in [0.05, 0.1) is 23.0 Å². The SMILES string of the molecule is Cn1c(=O)n(C2CCC(=O)NC2=O)c2ncc(N3CCC(O)(CC(C)(C)C)CC3)cc21. The van der Waals surface area contributed by atoms with E-state index in [1.54, 1.807) is 13.2 Å². The number of carbonyl (C=O) groups excluding carboxylic acids is 2. The maximum absolute atomic E-state index is 12.9.